The van der Waals surface area contributed by atoms with E-state index in [1.807, 2.05) is 25.1 Å². The monoisotopic (exact) mass is 232 g/mol. The molecule has 2 rings (SSSR count). The molecule has 82 valence electrons. The van der Waals surface area contributed by atoms with Gasteiger partial charge in [-0.1, -0.05) is 12.2 Å². The maximum atomic E-state index is 5.16. The molecule has 1 aromatic carbocycles. The number of ether oxygens (including phenoxy) is 1. The van der Waals surface area contributed by atoms with Crippen LogP contribution in [0.5, 0.6) is 5.75 Å². The van der Waals surface area contributed by atoms with Crippen molar-refractivity contribution in [3.05, 3.63) is 40.8 Å². The lowest BCUT2D eigenvalue weighted by Crippen LogP contribution is -1.90. The average molecular weight is 232 g/mol. The molecule has 0 unspecified atom stereocenters. The molecule has 0 bridgehead atoms. The Morgan fingerprint density at radius 1 is 1.31 bits per heavy atom. The third kappa shape index (κ3) is 2.12. The Bertz CT molecular complexity index is 563. The third-order valence-corrected chi connectivity index (χ3v) is 2.58. The summed E-state index contributed by atoms with van der Waals surface area (Å²) in [6, 6.07) is 5.90. The number of nitrogens with one attached hydrogen (secondary N) is 1. The quantitative estimate of drug-likeness (QED) is 0.808. The number of benzene rings is 1. The van der Waals surface area contributed by atoms with E-state index in [1.54, 1.807) is 19.5 Å². The van der Waals surface area contributed by atoms with E-state index in [1.165, 1.54) is 0 Å². The second kappa shape index (κ2) is 4.45. The van der Waals surface area contributed by atoms with Gasteiger partial charge in [-0.05, 0) is 30.7 Å². The van der Waals surface area contributed by atoms with E-state index in [2.05, 4.69) is 9.97 Å². The molecular weight excluding hydrogens is 220 g/mol. The highest BCUT2D eigenvalue weighted by atomic mass is 32.1. The summed E-state index contributed by atoms with van der Waals surface area (Å²) in [5.41, 5.74) is 3.13. The standard InChI is InChI=1S/C12H12N2OS/c1-8-5-9(15-2)3-4-10(8)11-6-13-7-12(16)14-11/h3-7H,1-2H3,(H,14,16). The Morgan fingerprint density at radius 2 is 2.12 bits per heavy atom. The van der Waals surface area contributed by atoms with Crippen LogP contribution in [0.2, 0.25) is 0 Å². The molecule has 0 aliphatic heterocycles. The van der Waals surface area contributed by atoms with Crippen molar-refractivity contribution in [2.45, 2.75) is 6.92 Å². The summed E-state index contributed by atoms with van der Waals surface area (Å²) in [6.07, 6.45) is 3.39. The van der Waals surface area contributed by atoms with Crippen LogP contribution in [-0.4, -0.2) is 17.1 Å². The Balaban J connectivity index is 2.52. The molecule has 0 spiro atoms. The van der Waals surface area contributed by atoms with Crippen molar-refractivity contribution in [3.8, 4) is 17.0 Å². The molecule has 0 saturated carbocycles. The fraction of sp³-hybridized carbons (Fsp3) is 0.167. The van der Waals surface area contributed by atoms with Gasteiger partial charge in [0.15, 0.2) is 0 Å². The maximum absolute atomic E-state index is 5.16. The lowest BCUT2D eigenvalue weighted by atomic mass is 10.1. The summed E-state index contributed by atoms with van der Waals surface area (Å²) < 4.78 is 5.80. The first-order valence-electron chi connectivity index (χ1n) is 4.90. The second-order valence-corrected chi connectivity index (χ2v) is 3.93. The van der Waals surface area contributed by atoms with Crippen molar-refractivity contribution in [1.82, 2.24) is 9.97 Å². The number of hydrogen-bond donors (Lipinski definition) is 1. The molecule has 1 heterocycles. The van der Waals surface area contributed by atoms with Crippen molar-refractivity contribution in [3.63, 3.8) is 0 Å². The van der Waals surface area contributed by atoms with E-state index in [9.17, 15) is 0 Å². The number of hydrogen-bond acceptors (Lipinski definition) is 3. The summed E-state index contributed by atoms with van der Waals surface area (Å²) in [4.78, 5) is 7.19. The maximum Gasteiger partial charge on any atom is 0.122 e. The van der Waals surface area contributed by atoms with Gasteiger partial charge in [0.2, 0.25) is 0 Å². The van der Waals surface area contributed by atoms with Crippen LogP contribution < -0.4 is 4.74 Å². The number of H-pyrrole nitrogens is 1. The van der Waals surface area contributed by atoms with Crippen LogP contribution in [0.1, 0.15) is 5.56 Å². The Hall–Kier alpha value is -1.68. The van der Waals surface area contributed by atoms with Crippen LogP contribution in [0.3, 0.4) is 0 Å². The first-order chi connectivity index (χ1) is 7.70. The van der Waals surface area contributed by atoms with Crippen molar-refractivity contribution >= 4 is 12.2 Å². The van der Waals surface area contributed by atoms with Gasteiger partial charge in [0.1, 0.15) is 10.4 Å². The average Bonchev–Trinajstić information content (AvgIpc) is 2.28. The fourth-order valence-electron chi connectivity index (χ4n) is 1.58. The zero-order chi connectivity index (χ0) is 11.5. The summed E-state index contributed by atoms with van der Waals surface area (Å²) in [6.45, 7) is 2.03. The first kappa shape index (κ1) is 10.8. The molecule has 0 amide bonds. The molecule has 0 aliphatic carbocycles. The SMILES string of the molecule is COc1ccc(-c2cncc(=S)[nH]2)c(C)c1. The lowest BCUT2D eigenvalue weighted by molar-refractivity contribution is 0.414. The highest BCUT2D eigenvalue weighted by Gasteiger charge is 2.03. The number of methoxy groups -OCH3 is 1. The molecule has 0 atom stereocenters. The van der Waals surface area contributed by atoms with Crippen LogP contribution in [0.15, 0.2) is 30.6 Å². The van der Waals surface area contributed by atoms with E-state index >= 15 is 0 Å². The zero-order valence-electron chi connectivity index (χ0n) is 9.15. The molecule has 1 aromatic heterocycles. The van der Waals surface area contributed by atoms with Gasteiger partial charge in [0, 0.05) is 5.56 Å². The smallest absolute Gasteiger partial charge is 0.122 e. The first-order valence-corrected chi connectivity index (χ1v) is 5.31. The van der Waals surface area contributed by atoms with Crippen LogP contribution in [0.4, 0.5) is 0 Å². The minimum absolute atomic E-state index is 0.632. The minimum atomic E-state index is 0.632. The summed E-state index contributed by atoms with van der Waals surface area (Å²) >= 11 is 5.05. The van der Waals surface area contributed by atoms with Crippen molar-refractivity contribution in [1.29, 1.82) is 0 Å². The van der Waals surface area contributed by atoms with Gasteiger partial charge in [-0.25, -0.2) is 0 Å². The second-order valence-electron chi connectivity index (χ2n) is 3.49. The zero-order valence-corrected chi connectivity index (χ0v) is 9.97. The molecule has 0 radical (unpaired) electrons. The molecule has 1 N–H and O–H groups in total. The van der Waals surface area contributed by atoms with E-state index in [0.717, 1.165) is 22.6 Å². The highest BCUT2D eigenvalue weighted by molar-refractivity contribution is 7.71. The predicted octanol–water partition coefficient (Wildman–Crippen LogP) is 3.12. The molecule has 0 fully saturated rings. The molecule has 4 heteroatoms. The van der Waals surface area contributed by atoms with Gasteiger partial charge in [-0.3, -0.25) is 4.98 Å². The largest absolute Gasteiger partial charge is 0.497 e. The van der Waals surface area contributed by atoms with Gasteiger partial charge in [-0.15, -0.1) is 0 Å². The number of aromatic amines is 1. The molecule has 3 nitrogen and oxygen atoms in total. The highest BCUT2D eigenvalue weighted by Crippen LogP contribution is 2.24. The fourth-order valence-corrected chi connectivity index (χ4v) is 1.75. The molecular formula is C12H12N2OS. The van der Waals surface area contributed by atoms with Gasteiger partial charge >= 0.3 is 0 Å². The van der Waals surface area contributed by atoms with E-state index in [4.69, 9.17) is 17.0 Å². The van der Waals surface area contributed by atoms with Crippen molar-refractivity contribution < 1.29 is 4.74 Å². The van der Waals surface area contributed by atoms with Crippen molar-refractivity contribution in [2.24, 2.45) is 0 Å². The number of aromatic nitrogens is 2. The van der Waals surface area contributed by atoms with Gasteiger partial charge in [-0.2, -0.15) is 0 Å². The minimum Gasteiger partial charge on any atom is -0.497 e. The van der Waals surface area contributed by atoms with Crippen LogP contribution in [0, 0.1) is 11.6 Å². The topological polar surface area (TPSA) is 37.9 Å². The Morgan fingerprint density at radius 3 is 2.75 bits per heavy atom. The summed E-state index contributed by atoms with van der Waals surface area (Å²) in [7, 11) is 1.66. The van der Waals surface area contributed by atoms with E-state index < -0.39 is 0 Å². The number of aryl methyl sites for hydroxylation is 1. The van der Waals surface area contributed by atoms with Gasteiger partial charge in [0.25, 0.3) is 0 Å². The lowest BCUT2D eigenvalue weighted by Gasteiger charge is -2.07. The molecule has 2 aromatic rings. The normalized spacial score (nSPS) is 10.1. The third-order valence-electron chi connectivity index (χ3n) is 2.38. The van der Waals surface area contributed by atoms with E-state index in [-0.39, 0.29) is 0 Å². The summed E-state index contributed by atoms with van der Waals surface area (Å²) in [5.74, 6) is 0.851. The Labute approximate surface area is 99.1 Å². The van der Waals surface area contributed by atoms with E-state index in [0.29, 0.717) is 4.64 Å². The molecule has 16 heavy (non-hydrogen) atoms. The van der Waals surface area contributed by atoms with Crippen LogP contribution in [0.25, 0.3) is 11.3 Å². The van der Waals surface area contributed by atoms with Crippen LogP contribution >= 0.6 is 12.2 Å². The molecule has 0 aliphatic rings. The molecule has 0 saturated heterocycles. The number of nitrogens with zero attached hydrogens (tertiary/aromatic N) is 1. The van der Waals surface area contributed by atoms with Crippen molar-refractivity contribution in [2.75, 3.05) is 7.11 Å². The van der Waals surface area contributed by atoms with Gasteiger partial charge < -0.3 is 9.72 Å². The number of rotatable bonds is 2. The van der Waals surface area contributed by atoms with Gasteiger partial charge in [0.05, 0.1) is 25.2 Å². The summed E-state index contributed by atoms with van der Waals surface area (Å²) in [5, 5.41) is 0. The Kier molecular flexibility index (Phi) is 3.01. The van der Waals surface area contributed by atoms with Crippen LogP contribution in [-0.2, 0) is 0 Å². The predicted molar refractivity (Wildman–Crippen MR) is 66.1 cm³/mol.